The molecule has 2 nitrogen and oxygen atoms in total. The molecule has 0 amide bonds. The molecule has 11 rings (SSSR count). The molecule has 11 aromatic rings. The maximum atomic E-state index is 6.00. The van der Waals surface area contributed by atoms with E-state index in [4.69, 9.17) is 5.73 Å². The van der Waals surface area contributed by atoms with Crippen molar-refractivity contribution >= 4 is 40.5 Å². The summed E-state index contributed by atoms with van der Waals surface area (Å²) in [4.78, 5) is 2.15. The van der Waals surface area contributed by atoms with Gasteiger partial charge in [-0.3, -0.25) is 0 Å². The van der Waals surface area contributed by atoms with E-state index in [1.165, 1.54) is 77.8 Å². The molecule has 0 saturated carbocycles. The normalized spacial score (nSPS) is 11.0. The van der Waals surface area contributed by atoms with Gasteiger partial charge in [-0.05, 0) is 119 Å². The molecular formula is C77H76BrN2P. The summed E-state index contributed by atoms with van der Waals surface area (Å²) in [5, 5.41) is 2.19. The van der Waals surface area contributed by atoms with E-state index in [9.17, 15) is 0 Å². The van der Waals surface area contributed by atoms with Crippen molar-refractivity contribution < 1.29 is 0 Å². The lowest BCUT2D eigenvalue weighted by Crippen LogP contribution is -2.31. The zero-order chi connectivity index (χ0) is 57.2. The average Bonchev–Trinajstić information content (AvgIpc) is 3.61. The van der Waals surface area contributed by atoms with Crippen LogP contribution in [-0.2, 0) is 6.42 Å². The van der Waals surface area contributed by atoms with E-state index < -0.39 is 0 Å². The van der Waals surface area contributed by atoms with Crippen molar-refractivity contribution in [1.82, 2.24) is 0 Å². The number of halogens is 1. The predicted molar refractivity (Wildman–Crippen MR) is 360 cm³/mol. The molecule has 0 aliphatic heterocycles. The van der Waals surface area contributed by atoms with E-state index in [1.807, 2.05) is 48.5 Å². The Labute approximate surface area is 494 Å². The Hall–Kier alpha value is -8.07. The second-order valence-corrected chi connectivity index (χ2v) is 27.0. The van der Waals surface area contributed by atoms with Crippen LogP contribution in [0, 0.1) is 0 Å². The molecule has 0 spiro atoms. The molecule has 0 aromatic heterocycles. The summed E-state index contributed by atoms with van der Waals surface area (Å²) in [7, 11) is 3.99. The fourth-order valence-corrected chi connectivity index (χ4v) is 15.0. The molecule has 0 saturated heterocycles. The van der Waals surface area contributed by atoms with Gasteiger partial charge in [0, 0.05) is 35.5 Å². The van der Waals surface area contributed by atoms with Gasteiger partial charge in [-0.2, -0.15) is 0 Å². The van der Waals surface area contributed by atoms with Crippen LogP contribution in [0.1, 0.15) is 52.7 Å². The highest BCUT2D eigenvalue weighted by Crippen LogP contribution is 2.58. The Morgan fingerprint density at radius 1 is 0.321 bits per heavy atom. The monoisotopic (exact) mass is 1140 g/mol. The molecule has 2 N–H and O–H groups in total. The second kappa shape index (κ2) is 28.4. The smallest absolute Gasteiger partial charge is 0.0393 e. The van der Waals surface area contributed by atoms with E-state index in [2.05, 4.69) is 319 Å². The van der Waals surface area contributed by atoms with E-state index in [1.54, 1.807) is 0 Å². The van der Waals surface area contributed by atoms with Crippen LogP contribution >= 0.6 is 23.9 Å². The number of rotatable bonds is 10. The van der Waals surface area contributed by atoms with E-state index in [0.717, 1.165) is 27.7 Å². The minimum Gasteiger partial charge on any atom is -0.398 e. The SMILES string of the molecule is Brc1ccccc1-c1ccccc1.CN(C)c1ccc(P(C(C)(C)C)C(C)(C)C)cc1.Nc1ccccc1-c1ccc(-c2ccccc2)cc1.c1ccc(-c2ccc(-c3ccccc3Cc3ccccc3-c3ccccc3)cc2)cc1. The van der Waals surface area contributed by atoms with Crippen molar-refractivity contribution in [2.24, 2.45) is 0 Å². The lowest BCUT2D eigenvalue weighted by Gasteiger charge is -2.41. The quantitative estimate of drug-likeness (QED) is 0.109. The first-order chi connectivity index (χ1) is 39.1. The average molecular weight is 1140 g/mol. The molecule has 0 aliphatic rings. The third-order valence-corrected chi connectivity index (χ3v) is 18.2. The highest BCUT2D eigenvalue weighted by atomic mass is 79.9. The predicted octanol–water partition coefficient (Wildman–Crippen LogP) is 21.5. The van der Waals surface area contributed by atoms with Crippen LogP contribution in [0.5, 0.6) is 0 Å². The molecule has 0 atom stereocenters. The van der Waals surface area contributed by atoms with Gasteiger partial charge in [0.2, 0.25) is 0 Å². The maximum Gasteiger partial charge on any atom is 0.0393 e. The minimum absolute atomic E-state index is 0.188. The van der Waals surface area contributed by atoms with Gasteiger partial charge >= 0.3 is 0 Å². The van der Waals surface area contributed by atoms with Crippen molar-refractivity contribution in [3.8, 4) is 66.8 Å². The van der Waals surface area contributed by atoms with E-state index in [0.29, 0.717) is 10.3 Å². The largest absolute Gasteiger partial charge is 0.398 e. The van der Waals surface area contributed by atoms with Gasteiger partial charge in [0.25, 0.3) is 0 Å². The lowest BCUT2D eigenvalue weighted by atomic mass is 9.90. The third kappa shape index (κ3) is 16.5. The fraction of sp³-hybridized carbons (Fsp3) is 0.143. The Balaban J connectivity index is 0.000000150. The number of nitrogens with two attached hydrogens (primary N) is 1. The van der Waals surface area contributed by atoms with Gasteiger partial charge in [-0.25, -0.2) is 0 Å². The highest BCUT2D eigenvalue weighted by molar-refractivity contribution is 9.10. The molecule has 0 radical (unpaired) electrons. The first-order valence-electron chi connectivity index (χ1n) is 27.9. The zero-order valence-corrected chi connectivity index (χ0v) is 50.8. The van der Waals surface area contributed by atoms with Crippen molar-refractivity contribution in [3.63, 3.8) is 0 Å². The number of benzene rings is 11. The summed E-state index contributed by atoms with van der Waals surface area (Å²) in [6.07, 6.45) is 0.904. The highest BCUT2D eigenvalue weighted by Gasteiger charge is 2.35. The summed E-state index contributed by atoms with van der Waals surface area (Å²) < 4.78 is 1.14. The molecule has 0 aliphatic carbocycles. The summed E-state index contributed by atoms with van der Waals surface area (Å²) in [6.45, 7) is 14.2. The Morgan fingerprint density at radius 2 is 0.617 bits per heavy atom. The molecule has 0 heterocycles. The van der Waals surface area contributed by atoms with E-state index in [-0.39, 0.29) is 7.92 Å². The number of para-hydroxylation sites is 1. The Kier molecular flexibility index (Phi) is 20.7. The fourth-order valence-electron chi connectivity index (χ4n) is 10.4. The first-order valence-corrected chi connectivity index (χ1v) is 30.0. The van der Waals surface area contributed by atoms with Crippen LogP contribution in [-0.4, -0.2) is 24.4 Å². The molecule has 0 bridgehead atoms. The maximum absolute atomic E-state index is 6.00. The Bertz CT molecular complexity index is 3630. The number of hydrogen-bond acceptors (Lipinski definition) is 2. The van der Waals surface area contributed by atoms with Crippen molar-refractivity contribution in [2.45, 2.75) is 58.3 Å². The molecular weight excluding hydrogens is 1060 g/mol. The lowest BCUT2D eigenvalue weighted by molar-refractivity contribution is 0.715. The van der Waals surface area contributed by atoms with Gasteiger partial charge in [0.05, 0.1) is 0 Å². The van der Waals surface area contributed by atoms with Crippen LogP contribution in [0.25, 0.3) is 66.8 Å². The van der Waals surface area contributed by atoms with Crippen molar-refractivity contribution in [3.05, 3.63) is 307 Å². The molecule has 11 aromatic carbocycles. The minimum atomic E-state index is -0.188. The molecule has 0 unspecified atom stereocenters. The topological polar surface area (TPSA) is 29.3 Å². The third-order valence-electron chi connectivity index (χ3n) is 14.0. The molecule has 0 fully saturated rings. The van der Waals surface area contributed by atoms with Crippen LogP contribution < -0.4 is 15.9 Å². The van der Waals surface area contributed by atoms with Crippen LogP contribution in [0.4, 0.5) is 11.4 Å². The first kappa shape index (κ1) is 59.1. The molecule has 81 heavy (non-hydrogen) atoms. The summed E-state index contributed by atoms with van der Waals surface area (Å²) >= 11 is 3.53. The summed E-state index contributed by atoms with van der Waals surface area (Å²) in [6, 6.07) is 102. The van der Waals surface area contributed by atoms with Gasteiger partial charge < -0.3 is 10.6 Å². The van der Waals surface area contributed by atoms with Crippen LogP contribution in [0.3, 0.4) is 0 Å². The van der Waals surface area contributed by atoms with Crippen molar-refractivity contribution in [1.29, 1.82) is 0 Å². The van der Waals surface area contributed by atoms with E-state index >= 15 is 0 Å². The van der Waals surface area contributed by atoms with Gasteiger partial charge in [0.1, 0.15) is 0 Å². The van der Waals surface area contributed by atoms with Gasteiger partial charge in [-0.1, -0.05) is 332 Å². The summed E-state index contributed by atoms with van der Waals surface area (Å²) in [5.41, 5.74) is 25.6. The number of anilines is 2. The second-order valence-electron chi connectivity index (χ2n) is 22.3. The number of nitrogens with zero attached hydrogens (tertiary/aromatic N) is 1. The van der Waals surface area contributed by atoms with Gasteiger partial charge in [-0.15, -0.1) is 0 Å². The number of hydrogen-bond donors (Lipinski definition) is 1. The standard InChI is InChI=1S/C31H24.C18H15N.C16H28NP.C12H9Br/c1-3-11-24(12-4-1)25-19-21-27(22-20-25)31-18-10-8-16-29(31)23-28-15-7-9-17-30(28)26-13-5-2-6-14-26;19-18-9-5-4-8-17(18)16-12-10-15(11-13-16)14-6-2-1-3-7-14;1-15(2,3)18(16(4,5)6)14-11-9-13(10-12-14)17(7)8;13-12-9-5-4-8-11(12)10-6-2-1-3-7-10/h1-22H,23H2;1-13H,19H2;9-12H,1-8H3;1-9H. The van der Waals surface area contributed by atoms with Crippen LogP contribution in [0.15, 0.2) is 296 Å². The zero-order valence-electron chi connectivity index (χ0n) is 48.3. The molecule has 4 heteroatoms. The van der Waals surface area contributed by atoms with Crippen LogP contribution in [0.2, 0.25) is 0 Å². The van der Waals surface area contributed by atoms with Gasteiger partial charge in [0.15, 0.2) is 0 Å². The number of nitrogen functional groups attached to an aromatic ring is 1. The van der Waals surface area contributed by atoms with Crippen molar-refractivity contribution in [2.75, 3.05) is 24.7 Å². The molecule has 406 valence electrons. The Morgan fingerprint density at radius 3 is 1.01 bits per heavy atom. The summed E-state index contributed by atoms with van der Waals surface area (Å²) in [5.74, 6) is 0.